The second-order valence-corrected chi connectivity index (χ2v) is 5.73. The summed E-state index contributed by atoms with van der Waals surface area (Å²) in [5, 5.41) is 7.23. The molecular weight excluding hydrogens is 285 g/mol. The molecule has 2 aromatic heterocycles. The van der Waals surface area contributed by atoms with Crippen LogP contribution in [0.25, 0.3) is 0 Å². The Balaban J connectivity index is 1.52. The molecule has 22 heavy (non-hydrogen) atoms. The van der Waals surface area contributed by atoms with Crippen LogP contribution < -0.4 is 5.32 Å². The number of nitrogens with zero attached hydrogens (tertiary/aromatic N) is 4. The first-order valence-electron chi connectivity index (χ1n) is 7.45. The lowest BCUT2D eigenvalue weighted by atomic mass is 10.2. The van der Waals surface area contributed by atoms with Crippen molar-refractivity contribution in [1.29, 1.82) is 0 Å². The summed E-state index contributed by atoms with van der Waals surface area (Å²) in [5.41, 5.74) is 1.87. The van der Waals surface area contributed by atoms with Gasteiger partial charge in [-0.15, -0.1) is 0 Å². The summed E-state index contributed by atoms with van der Waals surface area (Å²) < 4.78 is 19.0. The summed E-state index contributed by atoms with van der Waals surface area (Å²) in [7, 11) is 0. The van der Waals surface area contributed by atoms with E-state index in [0.29, 0.717) is 26.1 Å². The number of nitrogens with one attached hydrogen (secondary N) is 1. The third-order valence-corrected chi connectivity index (χ3v) is 3.84. The highest BCUT2D eigenvalue weighted by Crippen LogP contribution is 2.22. The first-order valence-corrected chi connectivity index (χ1v) is 7.45. The number of hydrogen-bond donors (Lipinski definition) is 1. The molecule has 0 amide bonds. The van der Waals surface area contributed by atoms with E-state index < -0.39 is 6.17 Å². The van der Waals surface area contributed by atoms with Crippen molar-refractivity contribution in [3.05, 3.63) is 41.8 Å². The molecule has 1 aliphatic rings. The number of hydrogen-bond acceptors (Lipinski definition) is 6. The van der Waals surface area contributed by atoms with Gasteiger partial charge in [-0.25, -0.2) is 14.4 Å². The second kappa shape index (κ2) is 6.93. The number of aryl methyl sites for hydroxylation is 1. The van der Waals surface area contributed by atoms with Gasteiger partial charge in [-0.1, -0.05) is 5.16 Å². The summed E-state index contributed by atoms with van der Waals surface area (Å²) in [6.07, 6.45) is 4.83. The molecule has 118 valence electrons. The third-order valence-electron chi connectivity index (χ3n) is 3.84. The van der Waals surface area contributed by atoms with Crippen LogP contribution in [-0.2, 0) is 13.1 Å². The van der Waals surface area contributed by atoms with Crippen molar-refractivity contribution in [3.63, 3.8) is 0 Å². The monoisotopic (exact) mass is 305 g/mol. The van der Waals surface area contributed by atoms with E-state index in [1.807, 2.05) is 13.0 Å². The van der Waals surface area contributed by atoms with Crippen molar-refractivity contribution in [2.75, 3.05) is 13.1 Å². The van der Waals surface area contributed by atoms with Crippen LogP contribution in [-0.4, -0.2) is 45.3 Å². The second-order valence-electron chi connectivity index (χ2n) is 5.73. The highest BCUT2D eigenvalue weighted by Gasteiger charge is 2.32. The Bertz CT molecular complexity index is 591. The van der Waals surface area contributed by atoms with Crippen molar-refractivity contribution >= 4 is 0 Å². The van der Waals surface area contributed by atoms with Crippen LogP contribution in [0.4, 0.5) is 4.39 Å². The Morgan fingerprint density at radius 3 is 2.95 bits per heavy atom. The van der Waals surface area contributed by atoms with E-state index >= 15 is 0 Å². The van der Waals surface area contributed by atoms with Crippen LogP contribution in [0.5, 0.6) is 0 Å². The van der Waals surface area contributed by atoms with Crippen LogP contribution >= 0.6 is 0 Å². The minimum absolute atomic E-state index is 0.157. The summed E-state index contributed by atoms with van der Waals surface area (Å²) in [4.78, 5) is 10.1. The molecule has 0 aliphatic carbocycles. The minimum Gasteiger partial charge on any atom is -0.360 e. The Labute approximate surface area is 128 Å². The molecule has 2 aromatic rings. The molecular formula is C15H20FN5O. The van der Waals surface area contributed by atoms with Gasteiger partial charge in [-0.3, -0.25) is 4.90 Å². The SMILES string of the molecule is Cc1cc(CN2C[C@@H](F)C[C@H]2CNCc2cncnc2)on1. The van der Waals surface area contributed by atoms with Crippen LogP contribution in [0.2, 0.25) is 0 Å². The largest absolute Gasteiger partial charge is 0.360 e. The van der Waals surface area contributed by atoms with Crippen LogP contribution in [0.3, 0.4) is 0 Å². The van der Waals surface area contributed by atoms with Gasteiger partial charge in [0.05, 0.1) is 12.2 Å². The molecule has 1 saturated heterocycles. The average Bonchev–Trinajstić information content (AvgIpc) is 3.07. The molecule has 0 radical (unpaired) electrons. The standard InChI is InChI=1S/C15H20FN5O/c1-11-2-15(22-20-11)9-21-8-13(16)3-14(21)7-17-4-12-5-18-10-19-6-12/h2,5-6,10,13-14,17H,3-4,7-9H2,1H3/t13-,14-/m0/s1. The first-order chi connectivity index (χ1) is 10.7. The average molecular weight is 305 g/mol. The lowest BCUT2D eigenvalue weighted by Gasteiger charge is -2.23. The van der Waals surface area contributed by atoms with E-state index in [9.17, 15) is 4.39 Å². The van der Waals surface area contributed by atoms with E-state index in [2.05, 4.69) is 25.3 Å². The summed E-state index contributed by atoms with van der Waals surface area (Å²) in [6.45, 7) is 4.34. The molecule has 2 atom stereocenters. The number of alkyl halides is 1. The Hall–Kier alpha value is -1.86. The fourth-order valence-electron chi connectivity index (χ4n) is 2.82. The highest BCUT2D eigenvalue weighted by molar-refractivity contribution is 5.05. The van der Waals surface area contributed by atoms with E-state index in [4.69, 9.17) is 4.52 Å². The van der Waals surface area contributed by atoms with Gasteiger partial charge < -0.3 is 9.84 Å². The maximum Gasteiger partial charge on any atom is 0.150 e. The minimum atomic E-state index is -0.782. The Morgan fingerprint density at radius 1 is 1.41 bits per heavy atom. The first kappa shape index (κ1) is 15.1. The van der Waals surface area contributed by atoms with Gasteiger partial charge in [0.1, 0.15) is 12.5 Å². The maximum absolute atomic E-state index is 13.7. The maximum atomic E-state index is 13.7. The zero-order valence-electron chi connectivity index (χ0n) is 12.6. The van der Waals surface area contributed by atoms with Gasteiger partial charge >= 0.3 is 0 Å². The van der Waals surface area contributed by atoms with E-state index in [1.165, 1.54) is 6.33 Å². The van der Waals surface area contributed by atoms with Crippen molar-refractivity contribution in [3.8, 4) is 0 Å². The predicted molar refractivity (Wildman–Crippen MR) is 78.7 cm³/mol. The number of likely N-dealkylation sites (tertiary alicyclic amines) is 1. The molecule has 6 nitrogen and oxygen atoms in total. The topological polar surface area (TPSA) is 67.1 Å². The molecule has 1 fully saturated rings. The van der Waals surface area contributed by atoms with Crippen LogP contribution in [0, 0.1) is 6.92 Å². The van der Waals surface area contributed by atoms with Gasteiger partial charge in [0.25, 0.3) is 0 Å². The highest BCUT2D eigenvalue weighted by atomic mass is 19.1. The molecule has 0 aromatic carbocycles. The number of halogens is 1. The molecule has 0 saturated carbocycles. The fraction of sp³-hybridized carbons (Fsp3) is 0.533. The summed E-state index contributed by atoms with van der Waals surface area (Å²) in [5.74, 6) is 0.785. The summed E-state index contributed by atoms with van der Waals surface area (Å²) >= 11 is 0. The van der Waals surface area contributed by atoms with Crippen molar-refractivity contribution in [2.45, 2.75) is 38.6 Å². The van der Waals surface area contributed by atoms with Crippen molar-refractivity contribution in [1.82, 2.24) is 25.3 Å². The smallest absolute Gasteiger partial charge is 0.150 e. The molecule has 1 N–H and O–H groups in total. The van der Waals surface area contributed by atoms with Gasteiger partial charge in [0.15, 0.2) is 5.76 Å². The van der Waals surface area contributed by atoms with Crippen molar-refractivity contribution in [2.24, 2.45) is 0 Å². The van der Waals surface area contributed by atoms with Crippen molar-refractivity contribution < 1.29 is 8.91 Å². The Kier molecular flexibility index (Phi) is 4.74. The van der Waals surface area contributed by atoms with Crippen LogP contribution in [0.15, 0.2) is 29.3 Å². The van der Waals surface area contributed by atoms with Gasteiger partial charge in [0.2, 0.25) is 0 Å². The number of rotatable bonds is 6. The van der Waals surface area contributed by atoms with Gasteiger partial charge in [-0.2, -0.15) is 0 Å². The quantitative estimate of drug-likeness (QED) is 0.872. The summed E-state index contributed by atoms with van der Waals surface area (Å²) in [6, 6.07) is 2.06. The van der Waals surface area contributed by atoms with E-state index in [1.54, 1.807) is 12.4 Å². The lowest BCUT2D eigenvalue weighted by molar-refractivity contribution is 0.204. The molecule has 0 spiro atoms. The fourth-order valence-corrected chi connectivity index (χ4v) is 2.82. The zero-order chi connectivity index (χ0) is 15.4. The lowest BCUT2D eigenvalue weighted by Crippen LogP contribution is -2.37. The molecule has 3 heterocycles. The Morgan fingerprint density at radius 2 is 2.23 bits per heavy atom. The molecule has 1 aliphatic heterocycles. The van der Waals surface area contributed by atoms with Crippen LogP contribution in [0.1, 0.15) is 23.4 Å². The third kappa shape index (κ3) is 3.86. The normalized spacial score (nSPS) is 22.3. The van der Waals surface area contributed by atoms with Gasteiger partial charge in [-0.05, 0) is 13.3 Å². The zero-order valence-corrected chi connectivity index (χ0v) is 12.6. The van der Waals surface area contributed by atoms with E-state index in [0.717, 1.165) is 23.6 Å². The molecule has 7 heteroatoms. The number of aromatic nitrogens is 3. The predicted octanol–water partition coefficient (Wildman–Crippen LogP) is 1.48. The molecule has 0 unspecified atom stereocenters. The van der Waals surface area contributed by atoms with Gasteiger partial charge in [0, 0.05) is 49.7 Å². The molecule has 3 rings (SSSR count). The molecule has 0 bridgehead atoms. The van der Waals surface area contributed by atoms with E-state index in [-0.39, 0.29) is 6.04 Å².